The molecule has 3 rings (SSSR count). The average molecular weight is 272 g/mol. The van der Waals surface area contributed by atoms with Gasteiger partial charge in [0.1, 0.15) is 0 Å². The number of rotatable bonds is 2. The molecule has 19 heavy (non-hydrogen) atoms. The molecule has 0 fully saturated rings. The lowest BCUT2D eigenvalue weighted by molar-refractivity contribution is -0.125. The van der Waals surface area contributed by atoms with Gasteiger partial charge in [-0.1, -0.05) is 17.8 Å². The Bertz CT molecular complexity index is 631. The van der Waals surface area contributed by atoms with Gasteiger partial charge in [-0.05, 0) is 24.3 Å². The molecule has 0 spiro atoms. The molecule has 1 amide bonds. The van der Waals surface area contributed by atoms with Crippen LogP contribution in [0.5, 0.6) is 0 Å². The molecular weight excluding hydrogens is 260 g/mol. The van der Waals surface area contributed by atoms with Gasteiger partial charge in [-0.25, -0.2) is 0 Å². The first-order valence-corrected chi connectivity index (χ1v) is 6.66. The van der Waals surface area contributed by atoms with E-state index in [0.717, 1.165) is 15.5 Å². The molecule has 0 saturated heterocycles. The van der Waals surface area contributed by atoms with Gasteiger partial charge < -0.3 is 10.0 Å². The zero-order valence-corrected chi connectivity index (χ0v) is 11.1. The first kappa shape index (κ1) is 12.2. The molecule has 0 radical (unpaired) electrons. The molecule has 1 aromatic heterocycles. The number of hydrogen-bond acceptors (Lipinski definition) is 4. The summed E-state index contributed by atoms with van der Waals surface area (Å²) in [6, 6.07) is 9.52. The monoisotopic (exact) mass is 272 g/mol. The van der Waals surface area contributed by atoms with Crippen LogP contribution in [0.4, 0.5) is 5.69 Å². The van der Waals surface area contributed by atoms with Crippen LogP contribution in [0.2, 0.25) is 0 Å². The van der Waals surface area contributed by atoms with E-state index in [1.54, 1.807) is 31.2 Å². The summed E-state index contributed by atoms with van der Waals surface area (Å²) in [5.41, 5.74) is 1.45. The molecule has 1 unspecified atom stereocenters. The highest BCUT2D eigenvalue weighted by atomic mass is 32.2. The second-order valence-electron chi connectivity index (χ2n) is 4.31. The van der Waals surface area contributed by atoms with Gasteiger partial charge in [-0.3, -0.25) is 9.78 Å². The Morgan fingerprint density at radius 2 is 1.95 bits per heavy atom. The molecule has 1 aliphatic rings. The molecule has 2 heterocycles. The average Bonchev–Trinajstić information content (AvgIpc) is 2.65. The van der Waals surface area contributed by atoms with Gasteiger partial charge in [-0.2, -0.15) is 0 Å². The van der Waals surface area contributed by atoms with E-state index in [0.29, 0.717) is 5.56 Å². The third kappa shape index (κ3) is 2.11. The van der Waals surface area contributed by atoms with Crippen molar-refractivity contribution in [3.63, 3.8) is 0 Å². The van der Waals surface area contributed by atoms with Crippen molar-refractivity contribution in [1.82, 2.24) is 4.98 Å². The summed E-state index contributed by atoms with van der Waals surface area (Å²) in [5.74, 6) is -0.277. The number of hydrogen-bond donors (Lipinski definition) is 1. The van der Waals surface area contributed by atoms with E-state index in [1.807, 2.05) is 30.3 Å². The lowest BCUT2D eigenvalue weighted by Gasteiger charge is -2.10. The smallest absolute Gasteiger partial charge is 0.260 e. The molecule has 1 atom stereocenters. The number of likely N-dealkylation sites (N-methyl/N-ethyl adjacent to an activating group) is 1. The molecule has 2 aromatic rings. The van der Waals surface area contributed by atoms with Gasteiger partial charge in [0.2, 0.25) is 0 Å². The summed E-state index contributed by atoms with van der Waals surface area (Å²) >= 11 is 1.60. The second-order valence-corrected chi connectivity index (χ2v) is 5.45. The van der Waals surface area contributed by atoms with Crippen LogP contribution in [0, 0.1) is 0 Å². The third-order valence-electron chi connectivity index (χ3n) is 3.11. The fraction of sp³-hybridized carbons (Fsp3) is 0.143. The van der Waals surface area contributed by atoms with E-state index < -0.39 is 6.10 Å². The number of aliphatic hydroxyl groups is 1. The van der Waals surface area contributed by atoms with E-state index in [-0.39, 0.29) is 5.91 Å². The van der Waals surface area contributed by atoms with Crippen LogP contribution in [0.3, 0.4) is 0 Å². The Morgan fingerprint density at radius 1 is 1.21 bits per heavy atom. The van der Waals surface area contributed by atoms with Gasteiger partial charge >= 0.3 is 0 Å². The maximum atomic E-state index is 11.7. The van der Waals surface area contributed by atoms with E-state index in [1.165, 1.54) is 4.90 Å². The molecule has 1 N–H and O–H groups in total. The summed E-state index contributed by atoms with van der Waals surface area (Å²) in [7, 11) is 1.68. The van der Waals surface area contributed by atoms with Gasteiger partial charge in [0, 0.05) is 34.8 Å². The highest BCUT2D eigenvalue weighted by molar-refractivity contribution is 7.99. The fourth-order valence-corrected chi connectivity index (χ4v) is 2.92. The molecule has 4 nitrogen and oxygen atoms in total. The first-order valence-electron chi connectivity index (χ1n) is 5.84. The number of fused-ring (bicyclic) bond motifs is 1. The van der Waals surface area contributed by atoms with Crippen LogP contribution in [0.1, 0.15) is 11.7 Å². The molecule has 5 heteroatoms. The summed E-state index contributed by atoms with van der Waals surface area (Å²) < 4.78 is 0. The predicted molar refractivity (Wildman–Crippen MR) is 73.2 cm³/mol. The summed E-state index contributed by atoms with van der Waals surface area (Å²) in [6.07, 6.45) is 2.46. The molecule has 0 saturated carbocycles. The minimum atomic E-state index is -1.03. The molecule has 1 aromatic carbocycles. The van der Waals surface area contributed by atoms with E-state index in [4.69, 9.17) is 0 Å². The predicted octanol–water partition coefficient (Wildman–Crippen LogP) is 2.24. The summed E-state index contributed by atoms with van der Waals surface area (Å²) in [5, 5.41) is 9.79. The lowest BCUT2D eigenvalue weighted by Crippen LogP contribution is -2.23. The fourth-order valence-electron chi connectivity index (χ4n) is 2.09. The SMILES string of the molecule is CN1C(=O)C(O)c2ccc(Sc3ccncc3)cc21. The Labute approximate surface area is 115 Å². The number of benzene rings is 1. The van der Waals surface area contributed by atoms with Crippen molar-refractivity contribution in [3.8, 4) is 0 Å². The number of carbonyl (C=O) groups excluding carboxylic acids is 1. The molecule has 0 aliphatic carbocycles. The van der Waals surface area contributed by atoms with Crippen molar-refractivity contribution < 1.29 is 9.90 Å². The van der Waals surface area contributed by atoms with E-state index in [9.17, 15) is 9.90 Å². The van der Waals surface area contributed by atoms with Crippen molar-refractivity contribution in [1.29, 1.82) is 0 Å². The highest BCUT2D eigenvalue weighted by Gasteiger charge is 2.33. The van der Waals surface area contributed by atoms with Crippen molar-refractivity contribution in [3.05, 3.63) is 48.3 Å². The maximum Gasteiger partial charge on any atom is 0.260 e. The summed E-state index contributed by atoms with van der Waals surface area (Å²) in [4.78, 5) is 19.3. The van der Waals surface area contributed by atoms with Crippen LogP contribution in [-0.2, 0) is 4.79 Å². The van der Waals surface area contributed by atoms with E-state index >= 15 is 0 Å². The second kappa shape index (κ2) is 4.68. The number of nitrogens with zero attached hydrogens (tertiary/aromatic N) is 2. The third-order valence-corrected chi connectivity index (χ3v) is 4.11. The zero-order chi connectivity index (χ0) is 13.4. The van der Waals surface area contributed by atoms with Gasteiger partial charge in [0.05, 0.1) is 5.69 Å². The number of aliphatic hydroxyl groups excluding tert-OH is 1. The number of anilines is 1. The quantitative estimate of drug-likeness (QED) is 0.911. The van der Waals surface area contributed by atoms with Crippen LogP contribution < -0.4 is 4.90 Å². The van der Waals surface area contributed by atoms with Crippen molar-refractivity contribution in [2.24, 2.45) is 0 Å². The Kier molecular flexibility index (Phi) is 3.00. The standard InChI is InChI=1S/C14H12N2O2S/c1-16-12-8-10(19-9-4-6-15-7-5-9)2-3-11(12)13(17)14(16)18/h2-8,13,17H,1H3. The Morgan fingerprint density at radius 3 is 2.68 bits per heavy atom. The molecular formula is C14H12N2O2S. The Hall–Kier alpha value is -1.85. The van der Waals surface area contributed by atoms with E-state index in [2.05, 4.69) is 4.98 Å². The van der Waals surface area contributed by atoms with Crippen molar-refractivity contribution >= 4 is 23.4 Å². The highest BCUT2D eigenvalue weighted by Crippen LogP contribution is 2.38. The molecule has 96 valence electrons. The van der Waals surface area contributed by atoms with Crippen LogP contribution in [0.25, 0.3) is 0 Å². The normalized spacial score (nSPS) is 17.7. The Balaban J connectivity index is 1.93. The number of amides is 1. The van der Waals surface area contributed by atoms with Crippen molar-refractivity contribution in [2.45, 2.75) is 15.9 Å². The largest absolute Gasteiger partial charge is 0.378 e. The van der Waals surface area contributed by atoms with Crippen LogP contribution >= 0.6 is 11.8 Å². The summed E-state index contributed by atoms with van der Waals surface area (Å²) in [6.45, 7) is 0. The lowest BCUT2D eigenvalue weighted by atomic mass is 10.1. The number of pyridine rings is 1. The molecule has 0 bridgehead atoms. The maximum absolute atomic E-state index is 11.7. The minimum Gasteiger partial charge on any atom is -0.378 e. The van der Waals surface area contributed by atoms with Gasteiger partial charge in [0.25, 0.3) is 5.91 Å². The first-order chi connectivity index (χ1) is 9.16. The molecule has 1 aliphatic heterocycles. The van der Waals surface area contributed by atoms with Crippen molar-refractivity contribution in [2.75, 3.05) is 11.9 Å². The number of carbonyl (C=O) groups is 1. The number of aromatic nitrogens is 1. The zero-order valence-electron chi connectivity index (χ0n) is 10.3. The van der Waals surface area contributed by atoms with Gasteiger partial charge in [0.15, 0.2) is 6.10 Å². The van der Waals surface area contributed by atoms with Crippen LogP contribution in [-0.4, -0.2) is 23.0 Å². The minimum absolute atomic E-state index is 0.277. The van der Waals surface area contributed by atoms with Gasteiger partial charge in [-0.15, -0.1) is 0 Å². The van der Waals surface area contributed by atoms with Crippen LogP contribution in [0.15, 0.2) is 52.5 Å². The topological polar surface area (TPSA) is 53.4 Å².